The number of thiazole rings is 1. The highest BCUT2D eigenvalue weighted by Gasteiger charge is 2.18. The van der Waals surface area contributed by atoms with Crippen molar-refractivity contribution in [2.24, 2.45) is 4.40 Å². The Bertz CT molecular complexity index is 1170. The summed E-state index contributed by atoms with van der Waals surface area (Å²) in [5.41, 5.74) is 0.0978. The number of para-hydroxylation sites is 1. The smallest absolute Gasteiger partial charge is 0.326 e. The van der Waals surface area contributed by atoms with Crippen LogP contribution in [0.2, 0.25) is 5.02 Å². The second-order valence-electron chi connectivity index (χ2n) is 5.38. The SMILES string of the molecule is CCOC(=O)Cn1c(=NS(=O)(=O)c2ccc(Cl)cc2)sc2cccc(F)c21. The third kappa shape index (κ3) is 4.20. The molecule has 0 aliphatic heterocycles. The van der Waals surface area contributed by atoms with Crippen molar-refractivity contribution in [1.29, 1.82) is 0 Å². The van der Waals surface area contributed by atoms with E-state index in [0.717, 1.165) is 11.3 Å². The number of aromatic nitrogens is 1. The van der Waals surface area contributed by atoms with Crippen LogP contribution in [-0.4, -0.2) is 25.6 Å². The lowest BCUT2D eigenvalue weighted by atomic mass is 10.3. The molecule has 0 spiro atoms. The molecule has 0 N–H and O–H groups in total. The summed E-state index contributed by atoms with van der Waals surface area (Å²) >= 11 is 6.75. The van der Waals surface area contributed by atoms with Gasteiger partial charge in [-0.2, -0.15) is 8.42 Å². The van der Waals surface area contributed by atoms with Crippen LogP contribution in [0.5, 0.6) is 0 Å². The van der Waals surface area contributed by atoms with Gasteiger partial charge in [0, 0.05) is 5.02 Å². The molecule has 6 nitrogen and oxygen atoms in total. The molecule has 0 unspecified atom stereocenters. The number of halogens is 2. The van der Waals surface area contributed by atoms with Crippen LogP contribution >= 0.6 is 22.9 Å². The van der Waals surface area contributed by atoms with Gasteiger partial charge in [0.15, 0.2) is 0 Å². The van der Waals surface area contributed by atoms with Gasteiger partial charge in [-0.3, -0.25) is 4.79 Å². The summed E-state index contributed by atoms with van der Waals surface area (Å²) in [7, 11) is -4.08. The Balaban J connectivity index is 2.20. The monoisotopic (exact) mass is 428 g/mol. The highest BCUT2D eigenvalue weighted by molar-refractivity contribution is 7.90. The molecule has 0 aliphatic carbocycles. The van der Waals surface area contributed by atoms with Gasteiger partial charge in [-0.25, -0.2) is 4.39 Å². The molecule has 0 aliphatic rings. The lowest BCUT2D eigenvalue weighted by Crippen LogP contribution is -2.23. The predicted octanol–water partition coefficient (Wildman–Crippen LogP) is 3.35. The molecule has 0 radical (unpaired) electrons. The van der Waals surface area contributed by atoms with Crippen molar-refractivity contribution in [3.8, 4) is 0 Å². The quantitative estimate of drug-likeness (QED) is 0.584. The van der Waals surface area contributed by atoms with Crippen LogP contribution in [0.4, 0.5) is 4.39 Å². The van der Waals surface area contributed by atoms with Gasteiger partial charge in [0.2, 0.25) is 4.80 Å². The Hall–Kier alpha value is -2.23. The van der Waals surface area contributed by atoms with Crippen molar-refractivity contribution in [3.05, 3.63) is 58.1 Å². The molecular weight excluding hydrogens is 415 g/mol. The molecule has 0 bridgehead atoms. The van der Waals surface area contributed by atoms with E-state index in [0.29, 0.717) is 9.72 Å². The molecule has 0 atom stereocenters. The van der Waals surface area contributed by atoms with Crippen LogP contribution in [0.25, 0.3) is 10.2 Å². The van der Waals surface area contributed by atoms with Crippen LogP contribution < -0.4 is 4.80 Å². The Labute approximate surface area is 163 Å². The van der Waals surface area contributed by atoms with Gasteiger partial charge < -0.3 is 9.30 Å². The molecule has 10 heteroatoms. The van der Waals surface area contributed by atoms with E-state index < -0.39 is 21.8 Å². The molecule has 0 amide bonds. The minimum absolute atomic E-state index is 0.0295. The van der Waals surface area contributed by atoms with Crippen LogP contribution in [0, 0.1) is 5.82 Å². The number of benzene rings is 2. The number of hydrogen-bond acceptors (Lipinski definition) is 5. The average molecular weight is 429 g/mol. The zero-order valence-electron chi connectivity index (χ0n) is 14.1. The maximum Gasteiger partial charge on any atom is 0.326 e. The summed E-state index contributed by atoms with van der Waals surface area (Å²) in [6.45, 7) is 1.44. The van der Waals surface area contributed by atoms with Gasteiger partial charge in [0.05, 0.1) is 21.7 Å². The number of hydrogen-bond donors (Lipinski definition) is 0. The standard InChI is InChI=1S/C17H14ClFN2O4S2/c1-2-25-15(22)10-21-16-13(19)4-3-5-14(16)26-17(21)20-27(23,24)12-8-6-11(18)7-9-12/h3-9H,2,10H2,1H3. The highest BCUT2D eigenvalue weighted by atomic mass is 35.5. The van der Waals surface area contributed by atoms with Crippen LogP contribution in [0.1, 0.15) is 6.92 Å². The van der Waals surface area contributed by atoms with E-state index in [9.17, 15) is 17.6 Å². The average Bonchev–Trinajstić information content (AvgIpc) is 2.93. The summed E-state index contributed by atoms with van der Waals surface area (Å²) in [5.74, 6) is -1.20. The van der Waals surface area contributed by atoms with Crippen molar-refractivity contribution < 1.29 is 22.3 Å². The summed E-state index contributed by atoms with van der Waals surface area (Å²) in [6, 6.07) is 9.87. The maximum absolute atomic E-state index is 14.3. The molecule has 3 rings (SSSR count). The molecule has 1 aromatic heterocycles. The fraction of sp³-hybridized carbons (Fsp3) is 0.176. The van der Waals surface area contributed by atoms with Crippen LogP contribution in [0.15, 0.2) is 51.8 Å². The van der Waals surface area contributed by atoms with Crippen molar-refractivity contribution in [3.63, 3.8) is 0 Å². The largest absolute Gasteiger partial charge is 0.465 e. The molecule has 1 heterocycles. The second-order valence-corrected chi connectivity index (χ2v) is 8.43. The van der Waals surface area contributed by atoms with E-state index in [1.165, 1.54) is 41.0 Å². The van der Waals surface area contributed by atoms with Crippen LogP contribution in [-0.2, 0) is 26.1 Å². The van der Waals surface area contributed by atoms with Crippen molar-refractivity contribution in [2.45, 2.75) is 18.4 Å². The second kappa shape index (κ2) is 7.79. The van der Waals surface area contributed by atoms with E-state index >= 15 is 0 Å². The molecular formula is C17H14ClFN2O4S2. The normalized spacial score (nSPS) is 12.5. The first kappa shape index (κ1) is 19.5. The number of esters is 1. The number of ether oxygens (including phenoxy) is 1. The van der Waals surface area contributed by atoms with Crippen molar-refractivity contribution >= 4 is 49.1 Å². The van der Waals surface area contributed by atoms with E-state index in [2.05, 4.69) is 4.40 Å². The number of fused-ring (bicyclic) bond motifs is 1. The summed E-state index contributed by atoms with van der Waals surface area (Å²) in [5, 5.41) is 0.384. The Kier molecular flexibility index (Phi) is 5.64. The summed E-state index contributed by atoms with van der Waals surface area (Å²) in [6.07, 6.45) is 0. The first-order valence-electron chi connectivity index (χ1n) is 7.82. The topological polar surface area (TPSA) is 77.7 Å². The van der Waals surface area contributed by atoms with E-state index in [1.807, 2.05) is 0 Å². The van der Waals surface area contributed by atoms with Gasteiger partial charge in [-0.1, -0.05) is 29.0 Å². The lowest BCUT2D eigenvalue weighted by Gasteiger charge is -2.06. The van der Waals surface area contributed by atoms with Gasteiger partial charge in [-0.15, -0.1) is 4.40 Å². The van der Waals surface area contributed by atoms with Crippen molar-refractivity contribution in [1.82, 2.24) is 4.57 Å². The number of nitrogens with zero attached hydrogens (tertiary/aromatic N) is 2. The summed E-state index contributed by atoms with van der Waals surface area (Å²) in [4.78, 5) is 11.8. The predicted molar refractivity (Wildman–Crippen MR) is 101 cm³/mol. The minimum atomic E-state index is -4.08. The van der Waals surface area contributed by atoms with E-state index in [4.69, 9.17) is 16.3 Å². The van der Waals surface area contributed by atoms with Crippen molar-refractivity contribution in [2.75, 3.05) is 6.61 Å². The first-order valence-corrected chi connectivity index (χ1v) is 10.5. The maximum atomic E-state index is 14.3. The van der Waals surface area contributed by atoms with Gasteiger partial charge in [-0.05, 0) is 43.3 Å². The van der Waals surface area contributed by atoms with Gasteiger partial charge in [0.1, 0.15) is 12.4 Å². The fourth-order valence-electron chi connectivity index (χ4n) is 2.40. The Morgan fingerprint density at radius 3 is 2.63 bits per heavy atom. The lowest BCUT2D eigenvalue weighted by molar-refractivity contribution is -0.143. The number of carbonyl (C=O) groups excluding carboxylic acids is 1. The van der Waals surface area contributed by atoms with E-state index in [-0.39, 0.29) is 28.4 Å². The van der Waals surface area contributed by atoms with Crippen LogP contribution in [0.3, 0.4) is 0 Å². The molecule has 0 saturated carbocycles. The first-order chi connectivity index (χ1) is 12.8. The number of carbonyl (C=O) groups is 1. The Morgan fingerprint density at radius 2 is 1.96 bits per heavy atom. The zero-order valence-corrected chi connectivity index (χ0v) is 16.4. The van der Waals surface area contributed by atoms with Gasteiger partial charge >= 0.3 is 5.97 Å². The highest BCUT2D eigenvalue weighted by Crippen LogP contribution is 2.22. The number of sulfonamides is 1. The summed E-state index contributed by atoms with van der Waals surface area (Å²) < 4.78 is 49.9. The third-order valence-electron chi connectivity index (χ3n) is 3.55. The fourth-order valence-corrected chi connectivity index (χ4v) is 4.77. The molecule has 0 saturated heterocycles. The molecule has 142 valence electrons. The molecule has 27 heavy (non-hydrogen) atoms. The number of rotatable bonds is 5. The zero-order chi connectivity index (χ0) is 19.6. The Morgan fingerprint density at radius 1 is 1.26 bits per heavy atom. The molecule has 3 aromatic rings. The minimum Gasteiger partial charge on any atom is -0.465 e. The van der Waals surface area contributed by atoms with Gasteiger partial charge in [0.25, 0.3) is 10.0 Å². The van der Waals surface area contributed by atoms with E-state index in [1.54, 1.807) is 13.0 Å². The molecule has 2 aromatic carbocycles. The third-order valence-corrected chi connectivity index (χ3v) is 6.25. The molecule has 0 fully saturated rings.